The van der Waals surface area contributed by atoms with Crippen LogP contribution in [0.5, 0.6) is 0 Å². The highest BCUT2D eigenvalue weighted by atomic mass is 32.2. The van der Waals surface area contributed by atoms with Gasteiger partial charge in [-0.05, 0) is 23.0 Å². The summed E-state index contributed by atoms with van der Waals surface area (Å²) >= 11 is 4.23. The molecule has 3 aromatic heterocycles. The molecule has 5 rings (SSSR count). The molecule has 0 fully saturated rings. The van der Waals surface area contributed by atoms with E-state index in [-0.39, 0.29) is 17.1 Å². The predicted octanol–water partition coefficient (Wildman–Crippen LogP) is 6.96. The molecule has 1 N–H and O–H groups in total. The molecule has 0 aliphatic heterocycles. The lowest BCUT2D eigenvalue weighted by atomic mass is 9.87. The number of hydrogen-bond donors (Lipinski definition) is 1. The zero-order valence-corrected chi connectivity index (χ0v) is 23.6. The molecule has 0 bridgehead atoms. The number of fused-ring (bicyclic) bond motifs is 1. The van der Waals surface area contributed by atoms with Crippen LogP contribution in [0.4, 0.5) is 5.13 Å². The highest BCUT2D eigenvalue weighted by Gasteiger charge is 2.17. The van der Waals surface area contributed by atoms with E-state index in [1.165, 1.54) is 45.6 Å². The third kappa shape index (κ3) is 5.92. The van der Waals surface area contributed by atoms with Crippen LogP contribution >= 0.6 is 34.4 Å². The topological polar surface area (TPSA) is 85.1 Å². The molecule has 190 valence electrons. The molecule has 1 amide bonds. The van der Waals surface area contributed by atoms with Gasteiger partial charge in [0.05, 0.1) is 11.4 Å². The number of anilines is 1. The van der Waals surface area contributed by atoms with Gasteiger partial charge >= 0.3 is 0 Å². The van der Waals surface area contributed by atoms with E-state index in [4.69, 9.17) is 0 Å². The van der Waals surface area contributed by atoms with Crippen LogP contribution in [0.2, 0.25) is 0 Å². The number of aromatic nitrogens is 5. The second-order valence-corrected chi connectivity index (χ2v) is 12.8. The van der Waals surface area contributed by atoms with Gasteiger partial charge in [-0.1, -0.05) is 106 Å². The number of thiazole rings is 1. The molecular weight excluding hydrogens is 521 g/mol. The first kappa shape index (κ1) is 25.6. The number of rotatable bonds is 8. The summed E-state index contributed by atoms with van der Waals surface area (Å²) in [5.74, 6) is 0.814. The third-order valence-corrected chi connectivity index (χ3v) is 8.64. The number of nitrogens with one attached hydrogen (secondary N) is 1. The summed E-state index contributed by atoms with van der Waals surface area (Å²) in [4.78, 5) is 17.9. The standard InChI is InChI=1S/C27H28N6OS3/c1-5-6-17-7-9-18(10-8-17)21-15-35-24(28-21)29-22(34)16-36-26-32-33-23(30-31-25(33)37-26)19-11-13-20(14-12-19)27(2,3)4/h7-15H,5-6,16H2,1-4H3,(H,28,29,34). The van der Waals surface area contributed by atoms with Crippen molar-refractivity contribution in [3.05, 3.63) is 65.0 Å². The number of nitrogens with zero attached hydrogens (tertiary/aromatic N) is 5. The summed E-state index contributed by atoms with van der Waals surface area (Å²) in [7, 11) is 0. The normalized spacial score (nSPS) is 11.8. The van der Waals surface area contributed by atoms with Gasteiger partial charge in [-0.25, -0.2) is 4.98 Å². The first-order chi connectivity index (χ1) is 17.8. The average Bonchev–Trinajstić information content (AvgIpc) is 3.59. The van der Waals surface area contributed by atoms with Gasteiger partial charge in [0.1, 0.15) is 0 Å². The lowest BCUT2D eigenvalue weighted by Gasteiger charge is -2.18. The zero-order chi connectivity index (χ0) is 26.0. The lowest BCUT2D eigenvalue weighted by Crippen LogP contribution is -2.13. The Labute approximate surface area is 228 Å². The fraction of sp³-hybridized carbons (Fsp3) is 0.296. The minimum Gasteiger partial charge on any atom is -0.301 e. The molecule has 10 heteroatoms. The highest BCUT2D eigenvalue weighted by molar-refractivity contribution is 8.01. The quantitative estimate of drug-likeness (QED) is 0.211. The molecule has 0 unspecified atom stereocenters. The Bertz CT molecular complexity index is 1510. The van der Waals surface area contributed by atoms with E-state index in [2.05, 4.69) is 102 Å². The Hall–Kier alpha value is -3.08. The second-order valence-electron chi connectivity index (χ2n) is 9.73. The molecule has 3 heterocycles. The van der Waals surface area contributed by atoms with Gasteiger partial charge in [-0.3, -0.25) is 4.79 Å². The van der Waals surface area contributed by atoms with E-state index in [1.807, 2.05) is 5.38 Å². The molecule has 5 aromatic rings. The Morgan fingerprint density at radius 1 is 1.03 bits per heavy atom. The Morgan fingerprint density at radius 3 is 2.46 bits per heavy atom. The van der Waals surface area contributed by atoms with E-state index in [1.54, 1.807) is 4.52 Å². The van der Waals surface area contributed by atoms with Crippen molar-refractivity contribution < 1.29 is 4.79 Å². The van der Waals surface area contributed by atoms with E-state index in [0.29, 0.717) is 15.9 Å². The summed E-state index contributed by atoms with van der Waals surface area (Å²) in [5, 5.41) is 18.7. The monoisotopic (exact) mass is 548 g/mol. The van der Waals surface area contributed by atoms with Crippen LogP contribution in [0.3, 0.4) is 0 Å². The minimum atomic E-state index is -0.117. The van der Waals surface area contributed by atoms with Gasteiger partial charge in [0.25, 0.3) is 0 Å². The minimum absolute atomic E-state index is 0.0871. The molecule has 0 atom stereocenters. The summed E-state index contributed by atoms with van der Waals surface area (Å²) in [5.41, 5.74) is 5.55. The van der Waals surface area contributed by atoms with Crippen LogP contribution in [0, 0.1) is 0 Å². The predicted molar refractivity (Wildman–Crippen MR) is 154 cm³/mol. The maximum atomic E-state index is 12.6. The zero-order valence-electron chi connectivity index (χ0n) is 21.2. The van der Waals surface area contributed by atoms with Crippen molar-refractivity contribution in [2.24, 2.45) is 0 Å². The fourth-order valence-corrected chi connectivity index (χ4v) is 6.25. The number of hydrogen-bond acceptors (Lipinski definition) is 8. The van der Waals surface area contributed by atoms with E-state index in [0.717, 1.165) is 34.0 Å². The van der Waals surface area contributed by atoms with Crippen molar-refractivity contribution >= 4 is 50.4 Å². The number of thioether (sulfide) groups is 1. The van der Waals surface area contributed by atoms with Crippen LogP contribution < -0.4 is 5.32 Å². The van der Waals surface area contributed by atoms with E-state index < -0.39 is 0 Å². The van der Waals surface area contributed by atoms with Crippen molar-refractivity contribution in [2.45, 2.75) is 50.3 Å². The molecule has 0 aliphatic rings. The first-order valence-electron chi connectivity index (χ1n) is 12.1. The SMILES string of the molecule is CCCc1ccc(-c2csc(NC(=O)CSc3nn4c(-c5ccc(C(C)(C)C)cc5)nnc4s3)n2)cc1. The van der Waals surface area contributed by atoms with Crippen molar-refractivity contribution in [2.75, 3.05) is 11.1 Å². The van der Waals surface area contributed by atoms with Crippen LogP contribution in [-0.4, -0.2) is 36.5 Å². The van der Waals surface area contributed by atoms with Crippen LogP contribution in [-0.2, 0) is 16.6 Å². The molecule has 7 nitrogen and oxygen atoms in total. The Balaban J connectivity index is 1.20. The molecule has 37 heavy (non-hydrogen) atoms. The lowest BCUT2D eigenvalue weighted by molar-refractivity contribution is -0.113. The molecule has 0 saturated carbocycles. The van der Waals surface area contributed by atoms with Gasteiger partial charge in [0, 0.05) is 16.5 Å². The van der Waals surface area contributed by atoms with Crippen molar-refractivity contribution in [3.63, 3.8) is 0 Å². The summed E-state index contributed by atoms with van der Waals surface area (Å²) < 4.78 is 2.51. The number of benzene rings is 2. The van der Waals surface area contributed by atoms with Gasteiger partial charge in [0.2, 0.25) is 10.9 Å². The number of carbonyl (C=O) groups is 1. The Morgan fingerprint density at radius 2 is 1.76 bits per heavy atom. The van der Waals surface area contributed by atoms with Gasteiger partial charge in [-0.2, -0.15) is 4.52 Å². The van der Waals surface area contributed by atoms with Crippen LogP contribution in [0.15, 0.2) is 58.3 Å². The first-order valence-corrected chi connectivity index (χ1v) is 14.8. The fourth-order valence-electron chi connectivity index (χ4n) is 3.83. The van der Waals surface area contributed by atoms with E-state index in [9.17, 15) is 4.79 Å². The highest BCUT2D eigenvalue weighted by Crippen LogP contribution is 2.30. The number of carbonyl (C=O) groups excluding carboxylic acids is 1. The summed E-state index contributed by atoms with van der Waals surface area (Å²) in [6, 6.07) is 16.8. The average molecular weight is 549 g/mol. The Kier molecular flexibility index (Phi) is 7.41. The van der Waals surface area contributed by atoms with Gasteiger partial charge in [-0.15, -0.1) is 26.6 Å². The third-order valence-electron chi connectivity index (χ3n) is 5.85. The van der Waals surface area contributed by atoms with Crippen molar-refractivity contribution in [3.8, 4) is 22.6 Å². The summed E-state index contributed by atoms with van der Waals surface area (Å²) in [6.45, 7) is 8.75. The van der Waals surface area contributed by atoms with Crippen molar-refractivity contribution in [1.82, 2.24) is 24.8 Å². The van der Waals surface area contributed by atoms with Crippen LogP contribution in [0.25, 0.3) is 27.6 Å². The van der Waals surface area contributed by atoms with Gasteiger partial charge < -0.3 is 5.32 Å². The van der Waals surface area contributed by atoms with E-state index >= 15 is 0 Å². The molecule has 0 saturated heterocycles. The maximum Gasteiger partial charge on any atom is 0.236 e. The van der Waals surface area contributed by atoms with Crippen molar-refractivity contribution in [1.29, 1.82) is 0 Å². The second kappa shape index (κ2) is 10.7. The van der Waals surface area contributed by atoms with Crippen LogP contribution in [0.1, 0.15) is 45.2 Å². The van der Waals surface area contributed by atoms with Gasteiger partial charge in [0.15, 0.2) is 15.3 Å². The molecule has 0 radical (unpaired) electrons. The largest absolute Gasteiger partial charge is 0.301 e. The molecule has 2 aromatic carbocycles. The molecule has 0 spiro atoms. The maximum absolute atomic E-state index is 12.6. The number of aryl methyl sites for hydroxylation is 1. The number of amides is 1. The molecular formula is C27H28N6OS3. The summed E-state index contributed by atoms with van der Waals surface area (Å²) in [6.07, 6.45) is 2.20. The smallest absolute Gasteiger partial charge is 0.236 e. The molecule has 0 aliphatic carbocycles.